The van der Waals surface area contributed by atoms with Crippen LogP contribution in [0, 0.1) is 0 Å². The molecule has 1 aromatic carbocycles. The van der Waals surface area contributed by atoms with Gasteiger partial charge in [0, 0.05) is 6.54 Å². The van der Waals surface area contributed by atoms with Gasteiger partial charge in [-0.1, -0.05) is 30.3 Å². The lowest BCUT2D eigenvalue weighted by Gasteiger charge is -2.10. The highest BCUT2D eigenvalue weighted by atomic mass is 32.1. The molecule has 1 heterocycles. The summed E-state index contributed by atoms with van der Waals surface area (Å²) in [6.07, 6.45) is 0. The van der Waals surface area contributed by atoms with E-state index in [1.807, 2.05) is 18.2 Å². The molecule has 2 aromatic rings. The van der Waals surface area contributed by atoms with Crippen LogP contribution in [0.2, 0.25) is 0 Å². The lowest BCUT2D eigenvalue weighted by atomic mass is 10.0. The highest BCUT2D eigenvalue weighted by Crippen LogP contribution is 2.23. The normalized spacial score (nSPS) is 12.6. The van der Waals surface area contributed by atoms with E-state index in [1.54, 1.807) is 16.8 Å². The molecule has 0 amide bonds. The molecule has 2 N–H and O–H groups in total. The summed E-state index contributed by atoms with van der Waals surface area (Å²) in [5, 5.41) is 8.87. The van der Waals surface area contributed by atoms with E-state index in [0.29, 0.717) is 6.54 Å². The number of nitrogens with zero attached hydrogens (tertiary/aromatic N) is 2. The summed E-state index contributed by atoms with van der Waals surface area (Å²) in [6.45, 7) is 0.569. The van der Waals surface area contributed by atoms with E-state index in [4.69, 9.17) is 5.73 Å². The predicted octanol–water partition coefficient (Wildman–Crippen LogP) is 1.63. The van der Waals surface area contributed by atoms with Crippen molar-refractivity contribution in [2.45, 2.75) is 5.92 Å². The molecule has 0 radical (unpaired) electrons. The first-order valence-corrected chi connectivity index (χ1v) is 5.31. The van der Waals surface area contributed by atoms with Crippen molar-refractivity contribution in [2.24, 2.45) is 5.73 Å². The van der Waals surface area contributed by atoms with Gasteiger partial charge in [-0.15, -0.1) is 21.5 Å². The van der Waals surface area contributed by atoms with Crippen molar-refractivity contribution in [1.82, 2.24) is 10.2 Å². The molecule has 2 rings (SSSR count). The van der Waals surface area contributed by atoms with Crippen molar-refractivity contribution in [2.75, 3.05) is 6.54 Å². The Morgan fingerprint density at radius 3 is 2.64 bits per heavy atom. The molecule has 0 fully saturated rings. The highest BCUT2D eigenvalue weighted by molar-refractivity contribution is 7.09. The number of aromatic nitrogens is 2. The Balaban J connectivity index is 2.31. The zero-order valence-electron chi connectivity index (χ0n) is 7.63. The van der Waals surface area contributed by atoms with Crippen LogP contribution in [0.4, 0.5) is 0 Å². The molecule has 1 atom stereocenters. The Labute approximate surface area is 86.6 Å². The average molecular weight is 205 g/mol. The molecule has 0 saturated carbocycles. The van der Waals surface area contributed by atoms with Crippen LogP contribution in [0.3, 0.4) is 0 Å². The Kier molecular flexibility index (Phi) is 2.86. The molecule has 3 nitrogen and oxygen atoms in total. The molecule has 1 unspecified atom stereocenters. The van der Waals surface area contributed by atoms with Gasteiger partial charge in [-0.25, -0.2) is 0 Å². The molecule has 0 bridgehead atoms. The smallest absolute Gasteiger partial charge is 0.125 e. The Morgan fingerprint density at radius 2 is 2.07 bits per heavy atom. The second-order valence-corrected chi connectivity index (χ2v) is 3.84. The van der Waals surface area contributed by atoms with Gasteiger partial charge in [-0.2, -0.15) is 0 Å². The summed E-state index contributed by atoms with van der Waals surface area (Å²) in [5.74, 6) is 0.184. The molecule has 14 heavy (non-hydrogen) atoms. The maximum absolute atomic E-state index is 5.73. The lowest BCUT2D eigenvalue weighted by Crippen LogP contribution is -2.13. The standard InChI is InChI=1S/C10H11N3S/c11-6-9(10-13-12-7-14-10)8-4-2-1-3-5-8/h1-5,7,9H,6,11H2. The topological polar surface area (TPSA) is 51.8 Å². The second-order valence-electron chi connectivity index (χ2n) is 2.98. The predicted molar refractivity (Wildman–Crippen MR) is 57.2 cm³/mol. The van der Waals surface area contributed by atoms with E-state index in [9.17, 15) is 0 Å². The third-order valence-corrected chi connectivity index (χ3v) is 2.92. The SMILES string of the molecule is NCC(c1ccccc1)c1nncs1. The highest BCUT2D eigenvalue weighted by Gasteiger charge is 2.14. The fourth-order valence-corrected chi connectivity index (χ4v) is 2.09. The minimum absolute atomic E-state index is 0.184. The van der Waals surface area contributed by atoms with Gasteiger partial charge in [0.25, 0.3) is 0 Å². The molecule has 0 aliphatic heterocycles. The average Bonchev–Trinajstić information content (AvgIpc) is 2.74. The molecule has 0 aliphatic carbocycles. The van der Waals surface area contributed by atoms with Crippen LogP contribution in [0.25, 0.3) is 0 Å². The van der Waals surface area contributed by atoms with Gasteiger partial charge in [0.1, 0.15) is 10.5 Å². The van der Waals surface area contributed by atoms with Gasteiger partial charge >= 0.3 is 0 Å². The van der Waals surface area contributed by atoms with Gasteiger partial charge in [0.15, 0.2) is 0 Å². The maximum Gasteiger partial charge on any atom is 0.125 e. The minimum Gasteiger partial charge on any atom is -0.329 e. The Bertz CT molecular complexity index is 372. The van der Waals surface area contributed by atoms with Crippen molar-refractivity contribution < 1.29 is 0 Å². The zero-order valence-corrected chi connectivity index (χ0v) is 8.45. The van der Waals surface area contributed by atoms with Crippen LogP contribution < -0.4 is 5.73 Å². The van der Waals surface area contributed by atoms with Gasteiger partial charge in [-0.05, 0) is 5.56 Å². The minimum atomic E-state index is 0.184. The number of benzene rings is 1. The van der Waals surface area contributed by atoms with Crippen molar-refractivity contribution >= 4 is 11.3 Å². The molecular formula is C10H11N3S. The lowest BCUT2D eigenvalue weighted by molar-refractivity contribution is 0.791. The number of nitrogens with two attached hydrogens (primary N) is 1. The molecule has 1 aromatic heterocycles. The molecule has 0 aliphatic rings. The van der Waals surface area contributed by atoms with Crippen molar-refractivity contribution in [3.05, 3.63) is 46.4 Å². The first kappa shape index (κ1) is 9.30. The fraction of sp³-hybridized carbons (Fsp3) is 0.200. The summed E-state index contributed by atoms with van der Waals surface area (Å²) >= 11 is 1.55. The van der Waals surface area contributed by atoms with Crippen LogP contribution in [0.15, 0.2) is 35.8 Å². The Hall–Kier alpha value is -1.26. The van der Waals surface area contributed by atoms with Gasteiger partial charge < -0.3 is 5.73 Å². The quantitative estimate of drug-likeness (QED) is 0.828. The third-order valence-electron chi connectivity index (χ3n) is 2.11. The summed E-state index contributed by atoms with van der Waals surface area (Å²) < 4.78 is 0. The Morgan fingerprint density at radius 1 is 1.29 bits per heavy atom. The molecular weight excluding hydrogens is 194 g/mol. The summed E-state index contributed by atoms with van der Waals surface area (Å²) in [6, 6.07) is 10.2. The molecule has 4 heteroatoms. The number of hydrogen-bond donors (Lipinski definition) is 1. The van der Waals surface area contributed by atoms with E-state index in [0.717, 1.165) is 5.01 Å². The van der Waals surface area contributed by atoms with Crippen LogP contribution in [0.1, 0.15) is 16.5 Å². The van der Waals surface area contributed by atoms with Gasteiger partial charge in [0.2, 0.25) is 0 Å². The first-order valence-electron chi connectivity index (χ1n) is 4.43. The van der Waals surface area contributed by atoms with Crippen LogP contribution in [-0.2, 0) is 0 Å². The summed E-state index contributed by atoms with van der Waals surface area (Å²) in [7, 11) is 0. The van der Waals surface area contributed by atoms with Crippen molar-refractivity contribution in [3.63, 3.8) is 0 Å². The van der Waals surface area contributed by atoms with Crippen molar-refractivity contribution in [3.8, 4) is 0 Å². The van der Waals surface area contributed by atoms with E-state index in [2.05, 4.69) is 22.3 Å². The van der Waals surface area contributed by atoms with Gasteiger partial charge in [0.05, 0.1) is 5.92 Å². The largest absolute Gasteiger partial charge is 0.329 e. The molecule has 0 spiro atoms. The summed E-state index contributed by atoms with van der Waals surface area (Å²) in [4.78, 5) is 0. The first-order chi connectivity index (χ1) is 6.92. The number of hydrogen-bond acceptors (Lipinski definition) is 4. The van der Waals surface area contributed by atoms with Gasteiger partial charge in [-0.3, -0.25) is 0 Å². The van der Waals surface area contributed by atoms with E-state index in [1.165, 1.54) is 5.56 Å². The maximum atomic E-state index is 5.73. The monoisotopic (exact) mass is 205 g/mol. The zero-order chi connectivity index (χ0) is 9.80. The third kappa shape index (κ3) is 1.81. The fourth-order valence-electron chi connectivity index (χ4n) is 1.40. The summed E-state index contributed by atoms with van der Waals surface area (Å²) in [5.41, 5.74) is 8.67. The van der Waals surface area contributed by atoms with E-state index < -0.39 is 0 Å². The van der Waals surface area contributed by atoms with E-state index >= 15 is 0 Å². The molecule has 72 valence electrons. The van der Waals surface area contributed by atoms with Crippen LogP contribution >= 0.6 is 11.3 Å². The van der Waals surface area contributed by atoms with Crippen LogP contribution in [-0.4, -0.2) is 16.7 Å². The van der Waals surface area contributed by atoms with Crippen molar-refractivity contribution in [1.29, 1.82) is 0 Å². The molecule has 0 saturated heterocycles. The second kappa shape index (κ2) is 4.30. The van der Waals surface area contributed by atoms with Crippen LogP contribution in [0.5, 0.6) is 0 Å². The van der Waals surface area contributed by atoms with E-state index in [-0.39, 0.29) is 5.92 Å². The number of rotatable bonds is 3.